The van der Waals surface area contributed by atoms with Crippen molar-refractivity contribution in [2.75, 3.05) is 31.5 Å². The van der Waals surface area contributed by atoms with Gasteiger partial charge in [-0.05, 0) is 41.3 Å². The Balaban J connectivity index is 1.75. The van der Waals surface area contributed by atoms with Gasteiger partial charge in [-0.15, -0.1) is 0 Å². The average Bonchev–Trinajstić information content (AvgIpc) is 3.12. The third-order valence-electron chi connectivity index (χ3n) is 5.42. The molecule has 1 atom stereocenters. The van der Waals surface area contributed by atoms with Crippen LogP contribution in [0.4, 0.5) is 15.8 Å². The summed E-state index contributed by atoms with van der Waals surface area (Å²) < 4.78 is 24.4. The Bertz CT molecular complexity index is 1020. The number of benzene rings is 3. The van der Waals surface area contributed by atoms with Crippen molar-refractivity contribution in [3.8, 4) is 11.5 Å². The van der Waals surface area contributed by atoms with E-state index >= 15 is 0 Å². The van der Waals surface area contributed by atoms with Gasteiger partial charge >= 0.3 is 0 Å². The number of ether oxygens (including phenoxy) is 2. The second-order valence-electron chi connectivity index (χ2n) is 7.41. The number of nitrogens with one attached hydrogen (secondary N) is 2. The summed E-state index contributed by atoms with van der Waals surface area (Å²) in [5.41, 5.74) is 4.26. The van der Waals surface area contributed by atoms with Gasteiger partial charge < -0.3 is 25.2 Å². The summed E-state index contributed by atoms with van der Waals surface area (Å²) >= 11 is 0. The molecule has 3 aromatic carbocycles. The number of anilines is 2. The molecule has 0 saturated carbocycles. The Morgan fingerprint density at radius 1 is 1.00 bits per heavy atom. The first-order valence-electron chi connectivity index (χ1n) is 9.83. The normalized spacial score (nSPS) is 17.2. The van der Waals surface area contributed by atoms with E-state index in [-0.39, 0.29) is 12.4 Å². The van der Waals surface area contributed by atoms with E-state index in [9.17, 15) is 9.50 Å². The molecule has 0 aliphatic carbocycles. The first-order valence-corrected chi connectivity index (χ1v) is 9.83. The highest BCUT2D eigenvalue weighted by atomic mass is 19.1. The Morgan fingerprint density at radius 3 is 2.33 bits per heavy atom. The van der Waals surface area contributed by atoms with Crippen LogP contribution in [0.15, 0.2) is 60.7 Å². The topological polar surface area (TPSA) is 62.8 Å². The molecule has 5 nitrogen and oxygen atoms in total. The van der Waals surface area contributed by atoms with Gasteiger partial charge in [-0.2, -0.15) is 0 Å². The number of hydrogen-bond acceptors (Lipinski definition) is 5. The second-order valence-corrected chi connectivity index (χ2v) is 7.41. The Hall–Kier alpha value is -3.25. The molecule has 1 heterocycles. The number of methoxy groups -OCH3 is 2. The van der Waals surface area contributed by atoms with Crippen LogP contribution in [-0.2, 0) is 18.5 Å². The van der Waals surface area contributed by atoms with E-state index in [4.69, 9.17) is 9.47 Å². The highest BCUT2D eigenvalue weighted by molar-refractivity contribution is 5.66. The maximum atomic E-state index is 13.6. The van der Waals surface area contributed by atoms with Crippen LogP contribution in [-0.4, -0.2) is 25.9 Å². The standard InChI is InChI=1S/C24H25FN2O3/c1-29-21-12-20(13-22(14-21)30-2)26-24(18-4-6-19(25)7-5-18)15-17-11-16(9-10-28)3-8-23(17)27-24/h3-8,11-14,26-28H,9-10,15H2,1-2H3. The maximum Gasteiger partial charge on any atom is 0.138 e. The van der Waals surface area contributed by atoms with Crippen LogP contribution < -0.4 is 20.1 Å². The number of halogens is 1. The van der Waals surface area contributed by atoms with E-state index in [1.54, 1.807) is 26.4 Å². The molecule has 1 aliphatic heterocycles. The lowest BCUT2D eigenvalue weighted by molar-refractivity contribution is 0.299. The summed E-state index contributed by atoms with van der Waals surface area (Å²) in [5.74, 6) is 1.07. The lowest BCUT2D eigenvalue weighted by atomic mass is 9.94. The van der Waals surface area contributed by atoms with Crippen LogP contribution in [0.25, 0.3) is 0 Å². The Kier molecular flexibility index (Phi) is 5.50. The number of aliphatic hydroxyl groups excluding tert-OH is 1. The van der Waals surface area contributed by atoms with E-state index in [0.29, 0.717) is 24.3 Å². The molecule has 1 aliphatic rings. The zero-order chi connectivity index (χ0) is 21.1. The molecular formula is C24H25FN2O3. The fourth-order valence-corrected chi connectivity index (χ4v) is 3.94. The van der Waals surface area contributed by atoms with Crippen LogP contribution in [0, 0.1) is 5.82 Å². The van der Waals surface area contributed by atoms with Crippen LogP contribution >= 0.6 is 0 Å². The monoisotopic (exact) mass is 408 g/mol. The van der Waals surface area contributed by atoms with Gasteiger partial charge in [-0.1, -0.05) is 24.3 Å². The summed E-state index contributed by atoms with van der Waals surface area (Å²) in [5, 5.41) is 16.5. The Labute approximate surface area is 175 Å². The molecule has 6 heteroatoms. The largest absolute Gasteiger partial charge is 0.497 e. The average molecular weight is 408 g/mol. The van der Waals surface area contributed by atoms with E-state index in [1.807, 2.05) is 30.3 Å². The minimum Gasteiger partial charge on any atom is -0.497 e. The van der Waals surface area contributed by atoms with Gasteiger partial charge in [0.1, 0.15) is 23.0 Å². The van der Waals surface area contributed by atoms with E-state index in [2.05, 4.69) is 16.7 Å². The minimum absolute atomic E-state index is 0.108. The molecule has 0 saturated heterocycles. The molecule has 0 spiro atoms. The molecule has 30 heavy (non-hydrogen) atoms. The third kappa shape index (κ3) is 3.91. The highest BCUT2D eigenvalue weighted by Crippen LogP contribution is 2.41. The van der Waals surface area contributed by atoms with Gasteiger partial charge in [-0.25, -0.2) is 4.39 Å². The lowest BCUT2D eigenvalue weighted by Crippen LogP contribution is -2.41. The molecule has 3 aromatic rings. The van der Waals surface area contributed by atoms with E-state index < -0.39 is 5.66 Å². The SMILES string of the molecule is COc1cc(NC2(c3ccc(F)cc3)Cc3cc(CCO)ccc3N2)cc(OC)c1. The maximum absolute atomic E-state index is 13.6. The molecule has 0 amide bonds. The molecule has 0 radical (unpaired) electrons. The Morgan fingerprint density at radius 2 is 1.70 bits per heavy atom. The molecule has 0 fully saturated rings. The van der Waals surface area contributed by atoms with Gasteiger partial charge in [-0.3, -0.25) is 0 Å². The number of aliphatic hydroxyl groups is 1. The predicted molar refractivity (Wildman–Crippen MR) is 116 cm³/mol. The van der Waals surface area contributed by atoms with Crippen LogP contribution in [0.5, 0.6) is 11.5 Å². The highest BCUT2D eigenvalue weighted by Gasteiger charge is 2.39. The van der Waals surface area contributed by atoms with Crippen LogP contribution in [0.1, 0.15) is 16.7 Å². The molecule has 3 N–H and O–H groups in total. The van der Waals surface area contributed by atoms with Crippen LogP contribution in [0.3, 0.4) is 0 Å². The number of fused-ring (bicyclic) bond motifs is 1. The molecule has 156 valence electrons. The number of rotatable bonds is 7. The third-order valence-corrected chi connectivity index (χ3v) is 5.42. The zero-order valence-electron chi connectivity index (χ0n) is 17.0. The predicted octanol–water partition coefficient (Wildman–Crippen LogP) is 4.31. The minimum atomic E-state index is -0.675. The van der Waals surface area contributed by atoms with Gasteiger partial charge in [0.05, 0.1) is 14.2 Å². The van der Waals surface area contributed by atoms with Crippen molar-refractivity contribution in [1.29, 1.82) is 0 Å². The molecule has 1 unspecified atom stereocenters. The summed E-state index contributed by atoms with van der Waals surface area (Å²) in [4.78, 5) is 0. The van der Waals surface area contributed by atoms with Gasteiger partial charge in [0, 0.05) is 42.6 Å². The van der Waals surface area contributed by atoms with Gasteiger partial charge in [0.15, 0.2) is 0 Å². The van der Waals surface area contributed by atoms with Crippen LogP contribution in [0.2, 0.25) is 0 Å². The second kappa shape index (κ2) is 8.24. The lowest BCUT2D eigenvalue weighted by Gasteiger charge is -2.33. The molecule has 0 aromatic heterocycles. The van der Waals surface area contributed by atoms with E-state index in [0.717, 1.165) is 28.1 Å². The van der Waals surface area contributed by atoms with Crippen molar-refractivity contribution in [2.45, 2.75) is 18.5 Å². The van der Waals surface area contributed by atoms with Crippen molar-refractivity contribution >= 4 is 11.4 Å². The van der Waals surface area contributed by atoms with Crippen molar-refractivity contribution < 1.29 is 19.0 Å². The first-order chi connectivity index (χ1) is 14.5. The fraction of sp³-hybridized carbons (Fsp3) is 0.250. The molecular weight excluding hydrogens is 383 g/mol. The van der Waals surface area contributed by atoms with Gasteiger partial charge in [0.25, 0.3) is 0 Å². The molecule has 4 rings (SSSR count). The summed E-state index contributed by atoms with van der Waals surface area (Å²) in [6.07, 6.45) is 1.25. The first kappa shape index (κ1) is 20.0. The van der Waals surface area contributed by atoms with E-state index in [1.165, 1.54) is 12.1 Å². The summed E-state index contributed by atoms with van der Waals surface area (Å²) in [6.45, 7) is 0.108. The summed E-state index contributed by atoms with van der Waals surface area (Å²) in [6, 6.07) is 18.3. The zero-order valence-corrected chi connectivity index (χ0v) is 17.0. The summed E-state index contributed by atoms with van der Waals surface area (Å²) in [7, 11) is 3.22. The van der Waals surface area contributed by atoms with Gasteiger partial charge in [0.2, 0.25) is 0 Å². The molecule has 0 bridgehead atoms. The smallest absolute Gasteiger partial charge is 0.138 e. The number of hydrogen-bond donors (Lipinski definition) is 3. The van der Waals surface area contributed by atoms with Crippen molar-refractivity contribution in [3.05, 3.63) is 83.2 Å². The van der Waals surface area contributed by atoms with Crippen molar-refractivity contribution in [3.63, 3.8) is 0 Å². The fourth-order valence-electron chi connectivity index (χ4n) is 3.94. The van der Waals surface area contributed by atoms with Crippen molar-refractivity contribution in [1.82, 2.24) is 0 Å². The quantitative estimate of drug-likeness (QED) is 0.544. The van der Waals surface area contributed by atoms with Crippen molar-refractivity contribution in [2.24, 2.45) is 0 Å².